The van der Waals surface area contributed by atoms with E-state index in [4.69, 9.17) is 4.55 Å². The Morgan fingerprint density at radius 2 is 1.09 bits per heavy atom. The van der Waals surface area contributed by atoms with Gasteiger partial charge in [0.25, 0.3) is 10.1 Å². The summed E-state index contributed by atoms with van der Waals surface area (Å²) < 4.78 is 29.6. The van der Waals surface area contributed by atoms with E-state index < -0.39 is 10.1 Å². The molecule has 0 bridgehead atoms. The zero-order chi connectivity index (χ0) is 17.4. The van der Waals surface area contributed by atoms with Crippen molar-refractivity contribution >= 4 is 10.1 Å². The van der Waals surface area contributed by atoms with Gasteiger partial charge in [-0.25, -0.2) is 0 Å². The first kappa shape index (κ1) is 22.4. The van der Waals surface area contributed by atoms with Gasteiger partial charge < -0.3 is 5.11 Å². The van der Waals surface area contributed by atoms with Crippen molar-refractivity contribution in [3.8, 4) is 0 Å². The fourth-order valence-electron chi connectivity index (χ4n) is 2.73. The summed E-state index contributed by atoms with van der Waals surface area (Å²) in [7, 11) is -4.20. The summed E-state index contributed by atoms with van der Waals surface area (Å²) in [5, 5.41) is 9.82. The van der Waals surface area contributed by atoms with Gasteiger partial charge in [0.05, 0.1) is 5.41 Å². The SMILES string of the molecule is CCCCCCCCCCCCCCCC/C(O)=C/S(=O)(=O)O. The Balaban J connectivity index is 3.24. The van der Waals surface area contributed by atoms with Crippen LogP contribution in [0.1, 0.15) is 103 Å². The maximum absolute atomic E-state index is 10.5. The molecule has 0 spiro atoms. The molecule has 5 heteroatoms. The van der Waals surface area contributed by atoms with Gasteiger partial charge in [-0.1, -0.05) is 90.4 Å². The van der Waals surface area contributed by atoms with Crippen molar-refractivity contribution in [1.29, 1.82) is 0 Å². The second-order valence-corrected chi connectivity index (χ2v) is 7.74. The summed E-state index contributed by atoms with van der Waals surface area (Å²) in [5.74, 6) is -0.258. The van der Waals surface area contributed by atoms with E-state index in [2.05, 4.69) is 6.92 Å². The third-order valence-electron chi connectivity index (χ3n) is 4.07. The smallest absolute Gasteiger partial charge is 0.290 e. The summed E-state index contributed by atoms with van der Waals surface area (Å²) in [4.78, 5) is 0. The normalized spacial score (nSPS) is 12.7. The molecule has 0 aromatic rings. The van der Waals surface area contributed by atoms with Crippen LogP contribution in [0.2, 0.25) is 0 Å². The van der Waals surface area contributed by atoms with Crippen LogP contribution < -0.4 is 0 Å². The zero-order valence-corrected chi connectivity index (χ0v) is 15.6. The molecule has 138 valence electrons. The number of aliphatic hydroxyl groups is 1. The third kappa shape index (κ3) is 19.4. The molecular formula is C18H36O4S. The molecule has 0 aromatic heterocycles. The molecule has 0 aliphatic carbocycles. The van der Waals surface area contributed by atoms with Crippen LogP contribution in [0.15, 0.2) is 11.2 Å². The summed E-state index contributed by atoms with van der Waals surface area (Å²) >= 11 is 0. The van der Waals surface area contributed by atoms with Crippen molar-refractivity contribution in [2.24, 2.45) is 0 Å². The molecule has 0 saturated carbocycles. The minimum atomic E-state index is -4.20. The van der Waals surface area contributed by atoms with Gasteiger partial charge in [0.1, 0.15) is 5.76 Å². The first-order chi connectivity index (χ1) is 11.0. The van der Waals surface area contributed by atoms with Gasteiger partial charge >= 0.3 is 0 Å². The molecule has 0 rings (SSSR count). The number of rotatable bonds is 16. The second-order valence-electron chi connectivity index (χ2n) is 6.47. The summed E-state index contributed by atoms with van der Waals surface area (Å²) in [6.45, 7) is 2.25. The highest BCUT2D eigenvalue weighted by molar-refractivity contribution is 7.88. The fraction of sp³-hybridized carbons (Fsp3) is 0.889. The molecule has 23 heavy (non-hydrogen) atoms. The Hall–Kier alpha value is -0.550. The van der Waals surface area contributed by atoms with Crippen molar-refractivity contribution in [2.45, 2.75) is 103 Å². The zero-order valence-electron chi connectivity index (χ0n) is 14.8. The molecule has 0 unspecified atom stereocenters. The number of unbranched alkanes of at least 4 members (excludes halogenated alkanes) is 13. The van der Waals surface area contributed by atoms with E-state index in [9.17, 15) is 13.5 Å². The quantitative estimate of drug-likeness (QED) is 0.199. The van der Waals surface area contributed by atoms with Crippen LogP contribution in [0.5, 0.6) is 0 Å². The lowest BCUT2D eigenvalue weighted by molar-refractivity contribution is 0.379. The van der Waals surface area contributed by atoms with Crippen molar-refractivity contribution in [1.82, 2.24) is 0 Å². The first-order valence-electron chi connectivity index (χ1n) is 9.32. The van der Waals surface area contributed by atoms with Crippen LogP contribution in [0.3, 0.4) is 0 Å². The molecule has 0 aliphatic heterocycles. The molecule has 0 heterocycles. The molecule has 0 radical (unpaired) electrons. The van der Waals surface area contributed by atoms with Crippen LogP contribution in [-0.2, 0) is 10.1 Å². The Labute approximate surface area is 143 Å². The highest BCUT2D eigenvalue weighted by atomic mass is 32.2. The van der Waals surface area contributed by atoms with E-state index in [1.807, 2.05) is 0 Å². The molecule has 4 nitrogen and oxygen atoms in total. The number of allylic oxidation sites excluding steroid dienone is 1. The predicted molar refractivity (Wildman–Crippen MR) is 97.2 cm³/mol. The van der Waals surface area contributed by atoms with E-state index in [0.29, 0.717) is 11.8 Å². The lowest BCUT2D eigenvalue weighted by atomic mass is 10.0. The van der Waals surface area contributed by atoms with E-state index >= 15 is 0 Å². The van der Waals surface area contributed by atoms with Crippen molar-refractivity contribution < 1.29 is 18.1 Å². The molecular weight excluding hydrogens is 312 g/mol. The Morgan fingerprint density at radius 3 is 1.43 bits per heavy atom. The van der Waals surface area contributed by atoms with Crippen molar-refractivity contribution in [3.05, 3.63) is 11.2 Å². The van der Waals surface area contributed by atoms with Gasteiger partial charge in [-0.05, 0) is 6.42 Å². The largest absolute Gasteiger partial charge is 0.512 e. The maximum atomic E-state index is 10.5. The Morgan fingerprint density at radius 1 is 0.739 bits per heavy atom. The van der Waals surface area contributed by atoms with Crippen LogP contribution in [0, 0.1) is 0 Å². The maximum Gasteiger partial charge on any atom is 0.290 e. The summed E-state index contributed by atoms with van der Waals surface area (Å²) in [6, 6.07) is 0. The summed E-state index contributed by atoms with van der Waals surface area (Å²) in [6.07, 6.45) is 17.9. The predicted octanol–water partition coefficient (Wildman–Crippen LogP) is 6.15. The number of hydrogen-bond acceptors (Lipinski definition) is 3. The van der Waals surface area contributed by atoms with Crippen molar-refractivity contribution in [2.75, 3.05) is 0 Å². The van der Waals surface area contributed by atoms with E-state index in [1.54, 1.807) is 0 Å². The molecule has 0 fully saturated rings. The minimum absolute atomic E-state index is 0.258. The summed E-state index contributed by atoms with van der Waals surface area (Å²) in [5.41, 5.74) is 0. The van der Waals surface area contributed by atoms with Crippen LogP contribution in [-0.4, -0.2) is 18.1 Å². The van der Waals surface area contributed by atoms with E-state index in [1.165, 1.54) is 70.6 Å². The molecule has 0 atom stereocenters. The lowest BCUT2D eigenvalue weighted by Crippen LogP contribution is -1.94. The van der Waals surface area contributed by atoms with Gasteiger partial charge in [0, 0.05) is 6.42 Å². The first-order valence-corrected chi connectivity index (χ1v) is 10.8. The third-order valence-corrected chi connectivity index (χ3v) is 4.64. The lowest BCUT2D eigenvalue weighted by Gasteiger charge is -2.03. The monoisotopic (exact) mass is 348 g/mol. The van der Waals surface area contributed by atoms with E-state index in [0.717, 1.165) is 19.3 Å². The highest BCUT2D eigenvalue weighted by Crippen LogP contribution is 2.14. The van der Waals surface area contributed by atoms with Crippen molar-refractivity contribution in [3.63, 3.8) is 0 Å². The van der Waals surface area contributed by atoms with Gasteiger partial charge in [0.15, 0.2) is 0 Å². The number of aliphatic hydroxyl groups excluding tert-OH is 1. The topological polar surface area (TPSA) is 74.6 Å². The second kappa shape index (κ2) is 15.0. The molecule has 2 N–H and O–H groups in total. The van der Waals surface area contributed by atoms with Gasteiger partial charge in [-0.15, -0.1) is 0 Å². The molecule has 0 aromatic carbocycles. The molecule has 0 amide bonds. The van der Waals surface area contributed by atoms with Gasteiger partial charge in [-0.2, -0.15) is 8.42 Å². The van der Waals surface area contributed by atoms with Crippen LogP contribution in [0.4, 0.5) is 0 Å². The van der Waals surface area contributed by atoms with Crippen LogP contribution >= 0.6 is 0 Å². The highest BCUT2D eigenvalue weighted by Gasteiger charge is 2.02. The van der Waals surface area contributed by atoms with E-state index in [-0.39, 0.29) is 5.76 Å². The Kier molecular flexibility index (Phi) is 14.6. The van der Waals surface area contributed by atoms with Gasteiger partial charge in [0.2, 0.25) is 0 Å². The Bertz CT molecular complexity index is 388. The average Bonchev–Trinajstić information content (AvgIpc) is 2.46. The van der Waals surface area contributed by atoms with Crippen LogP contribution in [0.25, 0.3) is 0 Å². The fourth-order valence-corrected chi connectivity index (χ4v) is 3.19. The molecule has 0 saturated heterocycles. The van der Waals surface area contributed by atoms with Gasteiger partial charge in [-0.3, -0.25) is 4.55 Å². The standard InChI is InChI=1S/C18H36O4S/c1-2-3-4-5-6-7-8-9-10-11-12-13-14-15-16-18(19)17-23(20,21)22/h17,19H,2-16H2,1H3,(H,20,21,22)/b18-17-. The average molecular weight is 349 g/mol. The number of hydrogen-bond donors (Lipinski definition) is 2. The minimum Gasteiger partial charge on any atom is -0.512 e. The molecule has 0 aliphatic rings.